The third kappa shape index (κ3) is 3.34. The van der Waals surface area contributed by atoms with Gasteiger partial charge in [-0.3, -0.25) is 4.79 Å². The Morgan fingerprint density at radius 1 is 1.55 bits per heavy atom. The van der Waals surface area contributed by atoms with Crippen molar-refractivity contribution in [2.75, 3.05) is 13.2 Å². The summed E-state index contributed by atoms with van der Waals surface area (Å²) in [4.78, 5) is 28.1. The standard InChI is InChI=1S/C12H15N3O5/c1-3-18-12(17)10-5-8(14-20-10)6-13-11(16)9-4-7(2)19-15-9/h4,10H,3,5-6H2,1-2H3,(H,13,16). The lowest BCUT2D eigenvalue weighted by Gasteiger charge is -2.06. The fourth-order valence-electron chi connectivity index (χ4n) is 1.64. The molecule has 0 bridgehead atoms. The maximum Gasteiger partial charge on any atom is 0.350 e. The molecule has 8 nitrogen and oxygen atoms in total. The molecule has 1 amide bonds. The fraction of sp³-hybridized carbons (Fsp3) is 0.500. The summed E-state index contributed by atoms with van der Waals surface area (Å²) in [6.45, 7) is 3.88. The minimum absolute atomic E-state index is 0.181. The third-order valence-corrected chi connectivity index (χ3v) is 2.59. The summed E-state index contributed by atoms with van der Waals surface area (Å²) >= 11 is 0. The van der Waals surface area contributed by atoms with Crippen molar-refractivity contribution in [3.05, 3.63) is 17.5 Å². The largest absolute Gasteiger partial charge is 0.463 e. The lowest BCUT2D eigenvalue weighted by Crippen LogP contribution is -2.31. The van der Waals surface area contributed by atoms with Crippen LogP contribution in [-0.4, -0.2) is 42.0 Å². The molecule has 0 radical (unpaired) electrons. The average molecular weight is 281 g/mol. The highest BCUT2D eigenvalue weighted by Crippen LogP contribution is 2.12. The van der Waals surface area contributed by atoms with E-state index >= 15 is 0 Å². The zero-order valence-electron chi connectivity index (χ0n) is 11.2. The van der Waals surface area contributed by atoms with Crippen LogP contribution in [0.4, 0.5) is 0 Å². The van der Waals surface area contributed by atoms with E-state index in [0.29, 0.717) is 17.9 Å². The van der Waals surface area contributed by atoms with Gasteiger partial charge in [-0.15, -0.1) is 0 Å². The van der Waals surface area contributed by atoms with E-state index in [0.717, 1.165) is 0 Å². The molecule has 1 unspecified atom stereocenters. The number of nitrogens with one attached hydrogen (secondary N) is 1. The monoisotopic (exact) mass is 281 g/mol. The Morgan fingerprint density at radius 2 is 2.35 bits per heavy atom. The molecular weight excluding hydrogens is 266 g/mol. The lowest BCUT2D eigenvalue weighted by atomic mass is 10.2. The van der Waals surface area contributed by atoms with Gasteiger partial charge in [0.1, 0.15) is 5.76 Å². The summed E-state index contributed by atoms with van der Waals surface area (Å²) in [5.74, 6) is -0.270. The smallest absolute Gasteiger partial charge is 0.350 e. The topological polar surface area (TPSA) is 103 Å². The van der Waals surface area contributed by atoms with Gasteiger partial charge in [0.2, 0.25) is 6.10 Å². The maximum atomic E-state index is 11.7. The summed E-state index contributed by atoms with van der Waals surface area (Å²) in [5.41, 5.74) is 0.764. The van der Waals surface area contributed by atoms with Crippen molar-refractivity contribution >= 4 is 17.6 Å². The van der Waals surface area contributed by atoms with Gasteiger partial charge < -0.3 is 19.4 Å². The average Bonchev–Trinajstić information content (AvgIpc) is 3.05. The molecule has 8 heteroatoms. The van der Waals surface area contributed by atoms with Gasteiger partial charge in [-0.05, 0) is 13.8 Å². The molecular formula is C12H15N3O5. The summed E-state index contributed by atoms with van der Waals surface area (Å²) in [6.07, 6.45) is -0.423. The zero-order valence-corrected chi connectivity index (χ0v) is 11.2. The number of nitrogens with zero attached hydrogens (tertiary/aromatic N) is 2. The van der Waals surface area contributed by atoms with Crippen molar-refractivity contribution in [2.45, 2.75) is 26.4 Å². The number of rotatable bonds is 5. The SMILES string of the molecule is CCOC(=O)C1CC(CNC(=O)c2cc(C)on2)=NO1. The molecule has 2 heterocycles. The molecule has 0 spiro atoms. The summed E-state index contributed by atoms with van der Waals surface area (Å²) < 4.78 is 9.63. The Morgan fingerprint density at radius 3 is 3.00 bits per heavy atom. The van der Waals surface area contributed by atoms with E-state index in [1.807, 2.05) is 0 Å². The zero-order chi connectivity index (χ0) is 14.5. The van der Waals surface area contributed by atoms with Gasteiger partial charge in [0.15, 0.2) is 5.69 Å². The Bertz CT molecular complexity index is 537. The third-order valence-electron chi connectivity index (χ3n) is 2.59. The van der Waals surface area contributed by atoms with Crippen LogP contribution in [0, 0.1) is 6.92 Å². The number of carbonyl (C=O) groups is 2. The molecule has 1 aliphatic rings. The van der Waals surface area contributed by atoms with E-state index < -0.39 is 12.1 Å². The molecule has 0 aromatic carbocycles. The molecule has 1 aromatic rings. The number of carbonyl (C=O) groups excluding carboxylic acids is 2. The molecule has 0 aliphatic carbocycles. The highest BCUT2D eigenvalue weighted by atomic mass is 16.7. The summed E-state index contributed by atoms with van der Waals surface area (Å²) in [5, 5.41) is 9.97. The van der Waals surface area contributed by atoms with Crippen LogP contribution in [0.25, 0.3) is 0 Å². The van der Waals surface area contributed by atoms with Crippen LogP contribution < -0.4 is 5.32 Å². The van der Waals surface area contributed by atoms with Crippen LogP contribution in [0.3, 0.4) is 0 Å². The predicted molar refractivity (Wildman–Crippen MR) is 67.1 cm³/mol. The second-order valence-corrected chi connectivity index (χ2v) is 4.21. The number of aryl methyl sites for hydroxylation is 1. The Hall–Kier alpha value is -2.38. The summed E-state index contributed by atoms with van der Waals surface area (Å²) in [7, 11) is 0. The van der Waals surface area contributed by atoms with Crippen molar-refractivity contribution in [1.29, 1.82) is 0 Å². The van der Waals surface area contributed by atoms with Crippen LogP contribution in [-0.2, 0) is 14.4 Å². The van der Waals surface area contributed by atoms with Gasteiger partial charge in [-0.25, -0.2) is 4.79 Å². The van der Waals surface area contributed by atoms with E-state index in [1.54, 1.807) is 13.8 Å². The van der Waals surface area contributed by atoms with Crippen molar-refractivity contribution in [1.82, 2.24) is 10.5 Å². The van der Waals surface area contributed by atoms with Gasteiger partial charge in [-0.1, -0.05) is 10.3 Å². The van der Waals surface area contributed by atoms with E-state index in [9.17, 15) is 9.59 Å². The molecule has 1 aliphatic heterocycles. The number of amides is 1. The normalized spacial score (nSPS) is 17.3. The van der Waals surface area contributed by atoms with Crippen LogP contribution in [0.15, 0.2) is 15.7 Å². The molecule has 20 heavy (non-hydrogen) atoms. The molecule has 0 saturated heterocycles. The highest BCUT2D eigenvalue weighted by molar-refractivity contribution is 5.98. The minimum atomic E-state index is -0.726. The number of hydrogen-bond acceptors (Lipinski definition) is 7. The number of aromatic nitrogens is 1. The quantitative estimate of drug-likeness (QED) is 0.784. The first kappa shape index (κ1) is 14.0. The van der Waals surface area contributed by atoms with Crippen LogP contribution >= 0.6 is 0 Å². The Kier molecular flexibility index (Phi) is 4.34. The summed E-state index contributed by atoms with van der Waals surface area (Å²) in [6, 6.07) is 1.53. The predicted octanol–water partition coefficient (Wildman–Crippen LogP) is 0.421. The number of oxime groups is 1. The Balaban J connectivity index is 1.78. The molecule has 1 aromatic heterocycles. The fourth-order valence-corrected chi connectivity index (χ4v) is 1.64. The minimum Gasteiger partial charge on any atom is -0.463 e. The van der Waals surface area contributed by atoms with Gasteiger partial charge in [-0.2, -0.15) is 0 Å². The van der Waals surface area contributed by atoms with Gasteiger partial charge in [0, 0.05) is 12.5 Å². The van der Waals surface area contributed by atoms with Crippen molar-refractivity contribution in [2.24, 2.45) is 5.16 Å². The molecule has 2 rings (SSSR count). The second-order valence-electron chi connectivity index (χ2n) is 4.21. The van der Waals surface area contributed by atoms with E-state index in [4.69, 9.17) is 14.1 Å². The van der Waals surface area contributed by atoms with Crippen molar-refractivity contribution < 1.29 is 23.7 Å². The second kappa shape index (κ2) is 6.18. The van der Waals surface area contributed by atoms with Crippen molar-refractivity contribution in [3.8, 4) is 0 Å². The highest BCUT2D eigenvalue weighted by Gasteiger charge is 2.29. The molecule has 108 valence electrons. The first-order chi connectivity index (χ1) is 9.60. The van der Waals surface area contributed by atoms with Gasteiger partial charge in [0.05, 0.1) is 18.9 Å². The van der Waals surface area contributed by atoms with Gasteiger partial charge in [0.25, 0.3) is 5.91 Å². The number of hydrogen-bond donors (Lipinski definition) is 1. The molecule has 1 atom stereocenters. The lowest BCUT2D eigenvalue weighted by molar-refractivity contribution is -0.154. The van der Waals surface area contributed by atoms with Crippen LogP contribution in [0.1, 0.15) is 29.6 Å². The maximum absolute atomic E-state index is 11.7. The first-order valence-corrected chi connectivity index (χ1v) is 6.20. The van der Waals surface area contributed by atoms with Crippen molar-refractivity contribution in [3.63, 3.8) is 0 Å². The molecule has 0 saturated carbocycles. The number of ether oxygens (including phenoxy) is 1. The first-order valence-electron chi connectivity index (χ1n) is 6.20. The van der Waals surface area contributed by atoms with Crippen LogP contribution in [0.2, 0.25) is 0 Å². The Labute approximate surface area is 115 Å². The van der Waals surface area contributed by atoms with E-state index in [1.165, 1.54) is 6.07 Å². The number of esters is 1. The van der Waals surface area contributed by atoms with Gasteiger partial charge >= 0.3 is 5.97 Å². The molecule has 0 fully saturated rings. The van der Waals surface area contributed by atoms with E-state index in [2.05, 4.69) is 15.6 Å². The van der Waals surface area contributed by atoms with E-state index in [-0.39, 0.29) is 24.8 Å². The molecule has 1 N–H and O–H groups in total. The van der Waals surface area contributed by atoms with Crippen LogP contribution in [0.5, 0.6) is 0 Å².